The summed E-state index contributed by atoms with van der Waals surface area (Å²) >= 11 is 6.01. The van der Waals surface area contributed by atoms with Gasteiger partial charge in [-0.2, -0.15) is 0 Å². The highest BCUT2D eigenvalue weighted by Crippen LogP contribution is 2.29. The first kappa shape index (κ1) is 12.2. The summed E-state index contributed by atoms with van der Waals surface area (Å²) in [5, 5.41) is 0.623. The molecule has 0 aliphatic rings. The quantitative estimate of drug-likeness (QED) is 0.587. The van der Waals surface area contributed by atoms with Crippen molar-refractivity contribution in [2.75, 3.05) is 5.73 Å². The van der Waals surface area contributed by atoms with Crippen molar-refractivity contribution in [3.63, 3.8) is 0 Å². The molecule has 0 aliphatic heterocycles. The molecule has 5 nitrogen and oxygen atoms in total. The van der Waals surface area contributed by atoms with Gasteiger partial charge >= 0.3 is 0 Å². The molecule has 3 aromatic heterocycles. The molecule has 0 amide bonds. The van der Waals surface area contributed by atoms with E-state index in [1.54, 1.807) is 23.0 Å². The second-order valence-corrected chi connectivity index (χ2v) is 5.42. The van der Waals surface area contributed by atoms with Crippen LogP contribution in [-0.4, -0.2) is 18.9 Å². The maximum Gasteiger partial charge on any atom is 0.139 e. The van der Waals surface area contributed by atoms with E-state index >= 15 is 0 Å². The third-order valence-electron chi connectivity index (χ3n) is 3.62. The molecule has 4 aromatic rings. The minimum absolute atomic E-state index is 0.572. The maximum atomic E-state index is 6.21. The number of rotatable bonds is 1. The minimum atomic E-state index is 0.572. The Hall–Kier alpha value is -2.53. The number of hydrogen-bond acceptors (Lipinski definition) is 3. The largest absolute Gasteiger partial charge is 0.383 e. The van der Waals surface area contributed by atoms with Crippen molar-refractivity contribution < 1.29 is 0 Å². The number of imidazole rings is 2. The van der Waals surface area contributed by atoms with Crippen molar-refractivity contribution in [2.24, 2.45) is 7.05 Å². The van der Waals surface area contributed by atoms with Gasteiger partial charge in [0.2, 0.25) is 0 Å². The fourth-order valence-electron chi connectivity index (χ4n) is 2.53. The molecule has 0 unspecified atom stereocenters. The summed E-state index contributed by atoms with van der Waals surface area (Å²) in [4.78, 5) is 8.95. The molecular formula is C15H12ClN5. The van der Waals surface area contributed by atoms with Crippen LogP contribution in [0.2, 0.25) is 5.02 Å². The number of nitrogen functional groups attached to an aromatic ring is 1. The molecule has 4 rings (SSSR count). The van der Waals surface area contributed by atoms with E-state index in [4.69, 9.17) is 17.3 Å². The Labute approximate surface area is 125 Å². The third kappa shape index (κ3) is 1.78. The van der Waals surface area contributed by atoms with Crippen LogP contribution < -0.4 is 5.73 Å². The molecule has 3 heterocycles. The number of nitrogens with two attached hydrogens (primary N) is 1. The van der Waals surface area contributed by atoms with Crippen LogP contribution in [0.3, 0.4) is 0 Å². The van der Waals surface area contributed by atoms with Crippen molar-refractivity contribution in [1.82, 2.24) is 18.9 Å². The third-order valence-corrected chi connectivity index (χ3v) is 3.84. The van der Waals surface area contributed by atoms with Gasteiger partial charge in [-0.15, -0.1) is 0 Å². The summed E-state index contributed by atoms with van der Waals surface area (Å²) in [6, 6.07) is 9.67. The number of anilines is 1. The smallest absolute Gasteiger partial charge is 0.139 e. The monoisotopic (exact) mass is 297 g/mol. The molecule has 104 valence electrons. The van der Waals surface area contributed by atoms with Gasteiger partial charge < -0.3 is 10.3 Å². The molecule has 1 aromatic carbocycles. The second-order valence-electron chi connectivity index (χ2n) is 4.98. The Balaban J connectivity index is 1.97. The van der Waals surface area contributed by atoms with Gasteiger partial charge in [0.25, 0.3) is 0 Å². The first-order chi connectivity index (χ1) is 10.1. The lowest BCUT2D eigenvalue weighted by Gasteiger charge is -2.01. The highest BCUT2D eigenvalue weighted by atomic mass is 35.5. The van der Waals surface area contributed by atoms with Gasteiger partial charge in [0, 0.05) is 18.8 Å². The van der Waals surface area contributed by atoms with E-state index in [9.17, 15) is 0 Å². The van der Waals surface area contributed by atoms with Crippen LogP contribution in [-0.2, 0) is 7.05 Å². The first-order valence-electron chi connectivity index (χ1n) is 6.48. The van der Waals surface area contributed by atoms with Gasteiger partial charge in [0.1, 0.15) is 17.2 Å². The number of nitrogens with zero attached hydrogens (tertiary/aromatic N) is 4. The van der Waals surface area contributed by atoms with Crippen molar-refractivity contribution in [2.45, 2.75) is 0 Å². The molecule has 2 N–H and O–H groups in total. The number of aryl methyl sites for hydroxylation is 1. The standard InChI is InChI=1S/C15H12ClN5/c1-20-8-18-11-6-9(2-4-12(11)20)14-15(17)21-7-10(16)3-5-13(21)19-14/h2-8H,17H2,1H3. The molecule has 0 spiro atoms. The second kappa shape index (κ2) is 4.23. The SMILES string of the molecule is Cn1cnc2cc(-c3nc4ccc(Cl)cn4c3N)ccc21. The maximum absolute atomic E-state index is 6.21. The lowest BCUT2D eigenvalue weighted by atomic mass is 10.1. The highest BCUT2D eigenvalue weighted by Gasteiger charge is 2.12. The normalized spacial score (nSPS) is 11.5. The molecule has 0 saturated carbocycles. The molecule has 0 atom stereocenters. The minimum Gasteiger partial charge on any atom is -0.383 e. The molecule has 0 saturated heterocycles. The van der Waals surface area contributed by atoms with E-state index in [2.05, 4.69) is 9.97 Å². The van der Waals surface area contributed by atoms with Crippen LogP contribution in [0.15, 0.2) is 42.9 Å². The topological polar surface area (TPSA) is 61.1 Å². The molecule has 21 heavy (non-hydrogen) atoms. The van der Waals surface area contributed by atoms with Crippen molar-refractivity contribution in [3.8, 4) is 11.3 Å². The molecule has 0 radical (unpaired) electrons. The van der Waals surface area contributed by atoms with Crippen molar-refractivity contribution in [1.29, 1.82) is 0 Å². The van der Waals surface area contributed by atoms with E-state index < -0.39 is 0 Å². The number of hydrogen-bond donors (Lipinski definition) is 1. The van der Waals surface area contributed by atoms with Crippen LogP contribution in [0.5, 0.6) is 0 Å². The van der Waals surface area contributed by atoms with E-state index in [0.717, 1.165) is 27.9 Å². The molecular weight excluding hydrogens is 286 g/mol. The van der Waals surface area contributed by atoms with Crippen LogP contribution in [0.4, 0.5) is 5.82 Å². The predicted octanol–water partition coefficient (Wildman–Crippen LogP) is 3.12. The summed E-state index contributed by atoms with van der Waals surface area (Å²) in [6.07, 6.45) is 3.56. The van der Waals surface area contributed by atoms with Gasteiger partial charge in [0.15, 0.2) is 0 Å². The Kier molecular flexibility index (Phi) is 2.46. The molecule has 0 fully saturated rings. The Bertz CT molecular complexity index is 982. The molecule has 0 bridgehead atoms. The summed E-state index contributed by atoms with van der Waals surface area (Å²) < 4.78 is 3.77. The average Bonchev–Trinajstić information content (AvgIpc) is 3.01. The Morgan fingerprint density at radius 1 is 1.19 bits per heavy atom. The summed E-state index contributed by atoms with van der Waals surface area (Å²) in [7, 11) is 1.97. The lowest BCUT2D eigenvalue weighted by Crippen LogP contribution is -1.94. The van der Waals surface area contributed by atoms with Crippen LogP contribution in [0, 0.1) is 0 Å². The average molecular weight is 298 g/mol. The predicted molar refractivity (Wildman–Crippen MR) is 84.3 cm³/mol. The number of aromatic nitrogens is 4. The molecule has 0 aliphatic carbocycles. The Morgan fingerprint density at radius 3 is 2.90 bits per heavy atom. The number of pyridine rings is 1. The summed E-state index contributed by atoms with van der Waals surface area (Å²) in [5.74, 6) is 0.572. The van der Waals surface area contributed by atoms with E-state index in [-0.39, 0.29) is 0 Å². The van der Waals surface area contributed by atoms with Gasteiger partial charge in [-0.25, -0.2) is 9.97 Å². The van der Waals surface area contributed by atoms with Crippen molar-refractivity contribution in [3.05, 3.63) is 47.9 Å². The van der Waals surface area contributed by atoms with Gasteiger partial charge in [-0.05, 0) is 24.3 Å². The van der Waals surface area contributed by atoms with Gasteiger partial charge in [-0.1, -0.05) is 17.7 Å². The van der Waals surface area contributed by atoms with Crippen LogP contribution in [0.1, 0.15) is 0 Å². The number of fused-ring (bicyclic) bond motifs is 2. The van der Waals surface area contributed by atoms with Crippen LogP contribution in [0.25, 0.3) is 27.9 Å². The van der Waals surface area contributed by atoms with Gasteiger partial charge in [-0.3, -0.25) is 4.40 Å². The van der Waals surface area contributed by atoms with Crippen LogP contribution >= 0.6 is 11.6 Å². The zero-order valence-electron chi connectivity index (χ0n) is 11.3. The zero-order valence-corrected chi connectivity index (χ0v) is 12.0. The van der Waals surface area contributed by atoms with E-state index in [1.807, 2.05) is 35.9 Å². The lowest BCUT2D eigenvalue weighted by molar-refractivity contribution is 0.948. The highest BCUT2D eigenvalue weighted by molar-refractivity contribution is 6.30. The summed E-state index contributed by atoms with van der Waals surface area (Å²) in [6.45, 7) is 0. The summed E-state index contributed by atoms with van der Waals surface area (Å²) in [5.41, 5.74) is 10.7. The Morgan fingerprint density at radius 2 is 2.05 bits per heavy atom. The zero-order chi connectivity index (χ0) is 14.6. The van der Waals surface area contributed by atoms with Gasteiger partial charge in [0.05, 0.1) is 22.4 Å². The van der Waals surface area contributed by atoms with E-state index in [1.165, 1.54) is 0 Å². The number of halogens is 1. The fraction of sp³-hybridized carbons (Fsp3) is 0.0667. The molecule has 6 heteroatoms. The fourth-order valence-corrected chi connectivity index (χ4v) is 2.69. The van der Waals surface area contributed by atoms with Crippen molar-refractivity contribution >= 4 is 34.1 Å². The van der Waals surface area contributed by atoms with E-state index in [0.29, 0.717) is 10.8 Å². The first-order valence-corrected chi connectivity index (χ1v) is 6.86. The number of benzene rings is 1.